The number of hydrogen-bond acceptors (Lipinski definition) is 2. The molecule has 2 N–H and O–H groups in total. The Hall–Kier alpha value is -1.94. The molecule has 4 heteroatoms. The zero-order chi connectivity index (χ0) is 15.2. The van der Waals surface area contributed by atoms with Gasteiger partial charge in [-0.05, 0) is 55.8 Å². The van der Waals surface area contributed by atoms with Crippen LogP contribution in [0.5, 0.6) is 0 Å². The molecule has 0 spiro atoms. The van der Waals surface area contributed by atoms with Crippen molar-refractivity contribution in [2.45, 2.75) is 19.9 Å². The Bertz CT molecular complexity index is 599. The minimum absolute atomic E-state index is 0.326. The summed E-state index contributed by atoms with van der Waals surface area (Å²) >= 11 is 0. The van der Waals surface area contributed by atoms with Crippen LogP contribution in [0.25, 0.3) is 0 Å². The van der Waals surface area contributed by atoms with Crippen LogP contribution in [0.15, 0.2) is 42.5 Å². The van der Waals surface area contributed by atoms with Gasteiger partial charge in [-0.25, -0.2) is 8.78 Å². The summed E-state index contributed by atoms with van der Waals surface area (Å²) in [5, 5.41) is 0. The van der Waals surface area contributed by atoms with Crippen LogP contribution in [0.2, 0.25) is 0 Å². The fourth-order valence-corrected chi connectivity index (χ4v) is 2.28. The largest absolute Gasteiger partial charge is 0.367 e. The molecule has 0 aromatic heterocycles. The molecule has 2 rings (SSSR count). The van der Waals surface area contributed by atoms with Crippen molar-refractivity contribution in [3.8, 4) is 0 Å². The molecule has 2 aromatic carbocycles. The first kappa shape index (κ1) is 15.4. The Kier molecular flexibility index (Phi) is 5.28. The quantitative estimate of drug-likeness (QED) is 0.880. The lowest BCUT2D eigenvalue weighted by atomic mass is 10.1. The van der Waals surface area contributed by atoms with Crippen LogP contribution in [0.4, 0.5) is 14.5 Å². The maximum absolute atomic E-state index is 13.8. The highest BCUT2D eigenvalue weighted by Gasteiger charge is 2.11. The van der Waals surface area contributed by atoms with Crippen LogP contribution in [0.3, 0.4) is 0 Å². The van der Waals surface area contributed by atoms with E-state index in [2.05, 4.69) is 0 Å². The molecule has 21 heavy (non-hydrogen) atoms. The maximum Gasteiger partial charge on any atom is 0.128 e. The van der Waals surface area contributed by atoms with E-state index >= 15 is 0 Å². The summed E-state index contributed by atoms with van der Waals surface area (Å²) in [7, 11) is 0. The lowest BCUT2D eigenvalue weighted by Gasteiger charge is -2.25. The minimum atomic E-state index is -0.422. The van der Waals surface area contributed by atoms with E-state index in [1.807, 2.05) is 36.1 Å². The van der Waals surface area contributed by atoms with E-state index in [4.69, 9.17) is 5.73 Å². The second-order valence-electron chi connectivity index (χ2n) is 5.14. The van der Waals surface area contributed by atoms with E-state index in [0.29, 0.717) is 25.2 Å². The van der Waals surface area contributed by atoms with E-state index in [1.165, 1.54) is 12.1 Å². The van der Waals surface area contributed by atoms with Crippen molar-refractivity contribution < 1.29 is 8.78 Å². The number of nitrogens with two attached hydrogens (primary N) is 1. The van der Waals surface area contributed by atoms with Crippen LogP contribution in [0.1, 0.15) is 17.5 Å². The Balaban J connectivity index is 2.25. The van der Waals surface area contributed by atoms with Crippen molar-refractivity contribution in [2.24, 2.45) is 5.73 Å². The van der Waals surface area contributed by atoms with Crippen molar-refractivity contribution >= 4 is 5.69 Å². The molecule has 0 saturated carbocycles. The van der Waals surface area contributed by atoms with Gasteiger partial charge in [0.2, 0.25) is 0 Å². The van der Waals surface area contributed by atoms with Gasteiger partial charge >= 0.3 is 0 Å². The van der Waals surface area contributed by atoms with Crippen molar-refractivity contribution in [3.63, 3.8) is 0 Å². The third kappa shape index (κ3) is 4.26. The molecule has 2 aromatic rings. The van der Waals surface area contributed by atoms with Gasteiger partial charge in [-0.1, -0.05) is 12.1 Å². The average Bonchev–Trinajstić information content (AvgIpc) is 2.47. The lowest BCUT2D eigenvalue weighted by molar-refractivity contribution is 0.579. The van der Waals surface area contributed by atoms with E-state index < -0.39 is 5.82 Å². The normalized spacial score (nSPS) is 10.7. The van der Waals surface area contributed by atoms with E-state index in [0.717, 1.165) is 23.7 Å². The van der Waals surface area contributed by atoms with E-state index in [-0.39, 0.29) is 5.82 Å². The van der Waals surface area contributed by atoms with Crippen molar-refractivity contribution in [3.05, 3.63) is 65.2 Å². The fourth-order valence-electron chi connectivity index (χ4n) is 2.28. The minimum Gasteiger partial charge on any atom is -0.367 e. The molecular formula is C17H20F2N2. The van der Waals surface area contributed by atoms with Gasteiger partial charge in [0.25, 0.3) is 0 Å². The Morgan fingerprint density at radius 3 is 2.62 bits per heavy atom. The Morgan fingerprint density at radius 1 is 1.10 bits per heavy atom. The molecule has 0 heterocycles. The van der Waals surface area contributed by atoms with Gasteiger partial charge in [0.1, 0.15) is 11.6 Å². The van der Waals surface area contributed by atoms with Gasteiger partial charge in [0.05, 0.1) is 0 Å². The average molecular weight is 290 g/mol. The van der Waals surface area contributed by atoms with Crippen molar-refractivity contribution in [1.29, 1.82) is 0 Å². The molecule has 112 valence electrons. The highest BCUT2D eigenvalue weighted by Crippen LogP contribution is 2.20. The number of aryl methyl sites for hydroxylation is 1. The molecular weight excluding hydrogens is 270 g/mol. The molecule has 0 aliphatic carbocycles. The molecule has 0 aliphatic rings. The number of rotatable bonds is 6. The molecule has 0 bridgehead atoms. The second kappa shape index (κ2) is 7.18. The molecule has 2 nitrogen and oxygen atoms in total. The van der Waals surface area contributed by atoms with Gasteiger partial charge in [0.15, 0.2) is 0 Å². The molecule has 0 unspecified atom stereocenters. The summed E-state index contributed by atoms with van der Waals surface area (Å²) < 4.78 is 27.1. The van der Waals surface area contributed by atoms with E-state index in [1.54, 1.807) is 0 Å². The number of anilines is 1. The smallest absolute Gasteiger partial charge is 0.128 e. The first-order chi connectivity index (χ1) is 10.1. The fraction of sp³-hybridized carbons (Fsp3) is 0.294. The number of halogens is 2. The number of hydrogen-bond donors (Lipinski definition) is 1. The molecule has 0 radical (unpaired) electrons. The zero-order valence-electron chi connectivity index (χ0n) is 12.2. The number of nitrogens with zero attached hydrogens (tertiary/aromatic N) is 1. The van der Waals surface area contributed by atoms with Gasteiger partial charge in [-0.3, -0.25) is 0 Å². The lowest BCUT2D eigenvalue weighted by Crippen LogP contribution is -2.26. The predicted molar refractivity (Wildman–Crippen MR) is 82.3 cm³/mol. The maximum atomic E-state index is 13.8. The topological polar surface area (TPSA) is 29.3 Å². The van der Waals surface area contributed by atoms with Crippen molar-refractivity contribution in [2.75, 3.05) is 18.0 Å². The Labute approximate surface area is 124 Å². The summed E-state index contributed by atoms with van der Waals surface area (Å²) in [5.74, 6) is -0.809. The summed E-state index contributed by atoms with van der Waals surface area (Å²) in [6.45, 7) is 3.60. The van der Waals surface area contributed by atoms with Gasteiger partial charge in [0, 0.05) is 24.3 Å². The van der Waals surface area contributed by atoms with E-state index in [9.17, 15) is 8.78 Å². The third-order valence-corrected chi connectivity index (χ3v) is 3.37. The SMILES string of the molecule is Cc1cccc(N(CCCN)Cc2cc(F)ccc2F)c1. The van der Waals surface area contributed by atoms with Crippen LogP contribution >= 0.6 is 0 Å². The van der Waals surface area contributed by atoms with Gasteiger partial charge in [-0.15, -0.1) is 0 Å². The predicted octanol–water partition coefficient (Wildman–Crippen LogP) is 3.63. The van der Waals surface area contributed by atoms with Crippen LogP contribution in [-0.2, 0) is 6.54 Å². The van der Waals surface area contributed by atoms with Crippen molar-refractivity contribution in [1.82, 2.24) is 0 Å². The summed E-state index contributed by atoms with van der Waals surface area (Å²) in [4.78, 5) is 2.03. The van der Waals surface area contributed by atoms with Gasteiger partial charge in [-0.2, -0.15) is 0 Å². The molecule has 0 amide bonds. The standard InChI is InChI=1S/C17H20F2N2/c1-13-4-2-5-16(10-13)21(9-3-8-20)12-14-11-15(18)6-7-17(14)19/h2,4-7,10-11H,3,8-9,12,20H2,1H3. The molecule has 0 aliphatic heterocycles. The number of benzene rings is 2. The molecule has 0 saturated heterocycles. The van der Waals surface area contributed by atoms with Gasteiger partial charge < -0.3 is 10.6 Å². The van der Waals surface area contributed by atoms with Crippen LogP contribution in [0, 0.1) is 18.6 Å². The highest BCUT2D eigenvalue weighted by molar-refractivity contribution is 5.49. The first-order valence-electron chi connectivity index (χ1n) is 7.06. The highest BCUT2D eigenvalue weighted by atomic mass is 19.1. The summed E-state index contributed by atoms with van der Waals surface area (Å²) in [5.41, 5.74) is 8.05. The second-order valence-corrected chi connectivity index (χ2v) is 5.14. The summed E-state index contributed by atoms with van der Waals surface area (Å²) in [6, 6.07) is 11.5. The molecule has 0 atom stereocenters. The third-order valence-electron chi connectivity index (χ3n) is 3.37. The zero-order valence-corrected chi connectivity index (χ0v) is 12.2. The van der Waals surface area contributed by atoms with Crippen LogP contribution in [-0.4, -0.2) is 13.1 Å². The monoisotopic (exact) mass is 290 g/mol. The summed E-state index contributed by atoms with van der Waals surface area (Å²) in [6.07, 6.45) is 0.797. The molecule has 0 fully saturated rings. The first-order valence-corrected chi connectivity index (χ1v) is 7.06. The van der Waals surface area contributed by atoms with Crippen LogP contribution < -0.4 is 10.6 Å². The Morgan fingerprint density at radius 2 is 1.90 bits per heavy atom.